The number of methoxy groups -OCH3 is 2. The fraction of sp³-hybridized carbons (Fsp3) is 0.421. The zero-order valence-electron chi connectivity index (χ0n) is 69.7. The maximum absolute atomic E-state index is 9.67. The Bertz CT molecular complexity index is 3880. The number of benzene rings is 9. The van der Waals surface area contributed by atoms with Crippen LogP contribution in [-0.4, -0.2) is 81.7 Å². The molecule has 19 heteroatoms. The Balaban J connectivity index is -0.00000150. The van der Waals surface area contributed by atoms with Crippen LogP contribution in [0.15, 0.2) is 218 Å². The number of aliphatic hydroxyl groups excluding tert-OH is 1. The molecule has 3 aliphatic rings. The molecule has 0 radical (unpaired) electrons. The summed E-state index contributed by atoms with van der Waals surface area (Å²) >= 11 is 19.1. The molecule has 3 atom stereocenters. The molecule has 12 nitrogen and oxygen atoms in total. The Morgan fingerprint density at radius 2 is 0.570 bits per heavy atom. The number of aliphatic hydroxyl groups is 1. The second-order valence-electron chi connectivity index (χ2n) is 31.6. The first-order valence-corrected chi connectivity index (χ1v) is 38.8. The van der Waals surface area contributed by atoms with Crippen molar-refractivity contribution in [2.24, 2.45) is 22.7 Å². The fourth-order valence-corrected chi connectivity index (χ4v) is 15.0. The standard InChI is InChI=1S/C40H48O5.C21H26O2.C15H16O2.C10H14O.C3H6.2CH2Cl2.CH4O.2CH4.CH3.ClH.2Na.H2O/c1-29-24-38(2,3)26-40(25-29,32-12-16-34(42-7)17-13-32)33-14-22-37(23-15-33)45-28-44-36-20-10-31(11-21-36)39(4,5)30-8-18-35(19-9-30)43-27-41-6;1-15-12-20(2,3)14-21(13-15,16-4-8-18(22)9-5-16)17-6-10-19(23)11-7-17;1-15(2,11-3-7-13(16)8-4-11)12-5-9-14(17)10-6-12;1-10(2,3)8-4-6-9(11)7-5-8;1-2-3-1;2*2-1-3;1-2;;;;;;;/h8-23,29H,24-28H2,1-7H3;4-11,15,22-23H,12-14H2,1-3H3;3-10,16-17H,1-2H3;4-7,11H,1-3H3;1-3H2;2*1H2;2H,1H3;2*1H4;1H3;1H;;;1H2/q;;;;;;;;;;-1;;2*+1;/p-2. The van der Waals surface area contributed by atoms with Gasteiger partial charge in [0.2, 0.25) is 6.79 Å². The molecule has 7 N–H and O–H groups in total. The molecule has 3 fully saturated rings. The summed E-state index contributed by atoms with van der Waals surface area (Å²) in [4.78, 5) is 0. The molecule has 3 saturated carbocycles. The molecule has 0 saturated heterocycles. The zero-order chi connectivity index (χ0) is 79.2. The molecule has 3 aliphatic carbocycles. The number of hydrogen-bond donors (Lipinski definition) is 6. The number of rotatable bonds is 16. The van der Waals surface area contributed by atoms with Gasteiger partial charge in [-0.05, 0) is 226 Å². The Labute approximate surface area is 756 Å². The van der Waals surface area contributed by atoms with Gasteiger partial charge >= 0.3 is 59.1 Å². The van der Waals surface area contributed by atoms with Crippen molar-refractivity contribution in [3.05, 3.63) is 276 Å². The summed E-state index contributed by atoms with van der Waals surface area (Å²) in [5, 5.41) is 54.3. The average Bonchev–Trinajstić information content (AvgIpc) is 1.14. The second-order valence-corrected chi connectivity index (χ2v) is 33.2. The van der Waals surface area contributed by atoms with Crippen molar-refractivity contribution in [1.82, 2.24) is 0 Å². The Hall–Kier alpha value is -5.49. The normalized spacial score (nSPS) is 16.1. The van der Waals surface area contributed by atoms with Crippen LogP contribution in [0.4, 0.5) is 0 Å². The van der Waals surface area contributed by atoms with E-state index in [4.69, 9.17) is 80.3 Å². The molecule has 9 aromatic rings. The van der Waals surface area contributed by atoms with Crippen LogP contribution in [0.3, 0.4) is 0 Å². The summed E-state index contributed by atoms with van der Waals surface area (Å²) < 4.78 is 28.0. The Kier molecular flexibility index (Phi) is 53.2. The quantitative estimate of drug-likeness (QED) is 0.0232. The van der Waals surface area contributed by atoms with Gasteiger partial charge in [0.1, 0.15) is 51.7 Å². The minimum Gasteiger partial charge on any atom is -1.00 e. The summed E-state index contributed by atoms with van der Waals surface area (Å²) in [6.45, 7) is 29.7. The third kappa shape index (κ3) is 35.2. The first-order valence-electron chi connectivity index (χ1n) is 36.7. The molecule has 0 amide bonds. The molecule has 0 heterocycles. The molecular formula is C95H130Cl5Na2O12-. The van der Waals surface area contributed by atoms with Crippen LogP contribution in [0.2, 0.25) is 0 Å². The van der Waals surface area contributed by atoms with E-state index in [2.05, 4.69) is 187 Å². The van der Waals surface area contributed by atoms with E-state index in [0.717, 1.165) is 66.9 Å². The molecule has 114 heavy (non-hydrogen) atoms. The molecule has 0 spiro atoms. The molecule has 9 aromatic carbocycles. The Morgan fingerprint density at radius 1 is 0.360 bits per heavy atom. The van der Waals surface area contributed by atoms with Crippen molar-refractivity contribution >= 4 is 46.4 Å². The number of alkyl halides is 4. The number of halogens is 5. The van der Waals surface area contributed by atoms with E-state index in [1.807, 2.05) is 60.7 Å². The predicted molar refractivity (Wildman–Crippen MR) is 467 cm³/mol. The van der Waals surface area contributed by atoms with Crippen molar-refractivity contribution < 1.29 is 131 Å². The van der Waals surface area contributed by atoms with E-state index < -0.39 is 0 Å². The van der Waals surface area contributed by atoms with E-state index in [1.54, 1.807) is 74.9 Å². The maximum Gasteiger partial charge on any atom is 1.00 e. The first kappa shape index (κ1) is 113. The van der Waals surface area contributed by atoms with Crippen LogP contribution in [0.5, 0.6) is 51.7 Å². The monoisotopic (exact) mass is 1680 g/mol. The van der Waals surface area contributed by atoms with Crippen molar-refractivity contribution in [1.29, 1.82) is 0 Å². The summed E-state index contributed by atoms with van der Waals surface area (Å²) in [5.41, 5.74) is 11.3. The van der Waals surface area contributed by atoms with Gasteiger partial charge in [0.25, 0.3) is 0 Å². The van der Waals surface area contributed by atoms with Crippen molar-refractivity contribution in [2.75, 3.05) is 45.6 Å². The molecule has 12 rings (SSSR count). The summed E-state index contributed by atoms with van der Waals surface area (Å²) in [6.07, 6.45) is 11.3. The first-order chi connectivity index (χ1) is 50.7. The van der Waals surface area contributed by atoms with Gasteiger partial charge in [0, 0.05) is 35.9 Å². The van der Waals surface area contributed by atoms with Gasteiger partial charge in [0.15, 0.2) is 6.79 Å². The van der Waals surface area contributed by atoms with Crippen molar-refractivity contribution in [3.8, 4) is 51.7 Å². The minimum absolute atomic E-state index is 0. The number of aromatic hydroxyl groups is 5. The van der Waals surface area contributed by atoms with Gasteiger partial charge in [-0.2, -0.15) is 0 Å². The van der Waals surface area contributed by atoms with Gasteiger partial charge in [0.05, 0.1) is 17.8 Å². The number of phenolic OH excluding ortho intramolecular Hbond substituents is 5. The smallest absolute Gasteiger partial charge is 1.00 e. The SMILES string of the molecule is C.C.C1CC1.CC(C)(C)c1ccc(O)cc1.CC(C)(c1ccc(O)cc1)c1ccc(O)cc1.CC1CC(C)(C)CC(c2ccc(O)cc2)(c2ccc(O)cc2)C1.CO.COCOc1ccc(C(C)(C)c2ccc(OCOc3ccc(C4(c5ccc(OC)cc5)CC(C)CC(C)(C)C4)cc3)cc2)cc1.ClCCl.ClCCl.[CH3-].[Cl-].[Na+].[Na+].[OH-]. The summed E-state index contributed by atoms with van der Waals surface area (Å²) in [5.74, 6) is 5.98. The topological polar surface area (TPSA) is 198 Å². The molecular weight excluding hydrogens is 1560 g/mol. The van der Waals surface area contributed by atoms with E-state index in [0.29, 0.717) is 29.1 Å². The van der Waals surface area contributed by atoms with Crippen LogP contribution < -0.4 is 90.5 Å². The van der Waals surface area contributed by atoms with Gasteiger partial charge in [-0.25, -0.2) is 0 Å². The van der Waals surface area contributed by atoms with Crippen LogP contribution in [0.1, 0.15) is 213 Å². The minimum atomic E-state index is -0.176. The number of ether oxygens (including phenoxy) is 5. The van der Waals surface area contributed by atoms with Crippen LogP contribution in [0, 0.1) is 30.1 Å². The second kappa shape index (κ2) is 53.8. The van der Waals surface area contributed by atoms with E-state index in [9.17, 15) is 20.4 Å². The van der Waals surface area contributed by atoms with Gasteiger partial charge in [-0.15, -0.1) is 46.4 Å². The molecule has 0 aliphatic heterocycles. The fourth-order valence-electron chi connectivity index (χ4n) is 15.0. The third-order valence-electron chi connectivity index (χ3n) is 19.9. The van der Waals surface area contributed by atoms with Gasteiger partial charge in [-0.1, -0.05) is 233 Å². The summed E-state index contributed by atoms with van der Waals surface area (Å²) in [6, 6.07) is 70.8. The van der Waals surface area contributed by atoms with E-state index >= 15 is 0 Å². The predicted octanol–water partition coefficient (Wildman–Crippen LogP) is 17.1. The van der Waals surface area contributed by atoms with Crippen LogP contribution in [-0.2, 0) is 31.8 Å². The number of hydrogen-bond acceptors (Lipinski definition) is 12. The largest absolute Gasteiger partial charge is 1.00 e. The van der Waals surface area contributed by atoms with E-state index in [1.165, 1.54) is 71.0 Å². The maximum atomic E-state index is 9.67. The molecule has 0 aromatic heterocycles. The average molecular weight is 1690 g/mol. The third-order valence-corrected chi connectivity index (χ3v) is 19.9. The zero-order valence-corrected chi connectivity index (χ0v) is 77.5. The molecule has 0 bridgehead atoms. The van der Waals surface area contributed by atoms with Gasteiger partial charge < -0.3 is 79.6 Å². The molecule has 620 valence electrons. The van der Waals surface area contributed by atoms with E-state index in [-0.39, 0.29) is 173 Å². The molecule has 3 unspecified atom stereocenters. The van der Waals surface area contributed by atoms with Crippen molar-refractivity contribution in [3.63, 3.8) is 0 Å². The Morgan fingerprint density at radius 3 is 0.798 bits per heavy atom. The summed E-state index contributed by atoms with van der Waals surface area (Å²) in [7, 11) is 4.34. The van der Waals surface area contributed by atoms with Crippen LogP contribution in [0.25, 0.3) is 0 Å². The number of phenols is 5. The van der Waals surface area contributed by atoms with Crippen LogP contribution >= 0.6 is 46.4 Å². The van der Waals surface area contributed by atoms with Gasteiger partial charge in [-0.3, -0.25) is 0 Å². The van der Waals surface area contributed by atoms with Crippen molar-refractivity contribution in [2.45, 2.75) is 190 Å².